The zero-order valence-corrected chi connectivity index (χ0v) is 9.37. The van der Waals surface area contributed by atoms with E-state index in [1.54, 1.807) is 0 Å². The lowest BCUT2D eigenvalue weighted by molar-refractivity contribution is 0.283. The number of para-hydroxylation sites is 1. The maximum atomic E-state index is 8.65. The number of fused-ring (bicyclic) bond motifs is 1. The Morgan fingerprint density at radius 2 is 2.00 bits per heavy atom. The molecule has 1 aromatic carbocycles. The molecule has 1 heterocycles. The number of aliphatic hydroxyl groups is 1. The number of unbranched alkanes of at least 4 members (excludes halogenated alkanes) is 2. The summed E-state index contributed by atoms with van der Waals surface area (Å²) in [7, 11) is 0. The Kier molecular flexibility index (Phi) is 3.83. The molecule has 0 saturated carbocycles. The third-order valence-electron chi connectivity index (χ3n) is 2.68. The molecule has 0 amide bonds. The van der Waals surface area contributed by atoms with Crippen LogP contribution in [0.3, 0.4) is 0 Å². The number of aromatic amines is 1. The number of aliphatic hydroxyl groups excluding tert-OH is 1. The summed E-state index contributed by atoms with van der Waals surface area (Å²) in [5.74, 6) is 1.07. The first-order valence-corrected chi connectivity index (χ1v) is 5.82. The summed E-state index contributed by atoms with van der Waals surface area (Å²) < 4.78 is 0. The number of nitrogens with one attached hydrogen (secondary N) is 2. The third kappa shape index (κ3) is 2.76. The van der Waals surface area contributed by atoms with Crippen molar-refractivity contribution in [1.29, 1.82) is 0 Å². The first kappa shape index (κ1) is 11.0. The van der Waals surface area contributed by atoms with Gasteiger partial charge in [-0.1, -0.05) is 18.2 Å². The summed E-state index contributed by atoms with van der Waals surface area (Å²) in [6, 6.07) is 10.4. The van der Waals surface area contributed by atoms with Crippen molar-refractivity contribution >= 4 is 16.7 Å². The van der Waals surface area contributed by atoms with Crippen LogP contribution in [0, 0.1) is 0 Å². The highest BCUT2D eigenvalue weighted by molar-refractivity contribution is 5.83. The van der Waals surface area contributed by atoms with Gasteiger partial charge in [-0.3, -0.25) is 0 Å². The summed E-state index contributed by atoms with van der Waals surface area (Å²) in [4.78, 5) is 3.33. The summed E-state index contributed by atoms with van der Waals surface area (Å²) in [6.45, 7) is 1.25. The van der Waals surface area contributed by atoms with Crippen molar-refractivity contribution in [2.45, 2.75) is 19.3 Å². The van der Waals surface area contributed by atoms with Crippen molar-refractivity contribution in [3.8, 4) is 0 Å². The smallest absolute Gasteiger partial charge is 0.104 e. The van der Waals surface area contributed by atoms with Gasteiger partial charge in [0.2, 0.25) is 0 Å². The van der Waals surface area contributed by atoms with Gasteiger partial charge in [0.1, 0.15) is 5.82 Å². The molecule has 3 heteroatoms. The zero-order chi connectivity index (χ0) is 11.2. The maximum Gasteiger partial charge on any atom is 0.104 e. The van der Waals surface area contributed by atoms with E-state index < -0.39 is 0 Å². The number of hydrogen-bond acceptors (Lipinski definition) is 2. The van der Waals surface area contributed by atoms with Crippen molar-refractivity contribution in [1.82, 2.24) is 4.98 Å². The van der Waals surface area contributed by atoms with Crippen molar-refractivity contribution in [3.63, 3.8) is 0 Å². The lowest BCUT2D eigenvalue weighted by Crippen LogP contribution is -2.01. The van der Waals surface area contributed by atoms with Crippen LogP contribution >= 0.6 is 0 Å². The number of anilines is 1. The molecule has 2 aromatic rings. The maximum absolute atomic E-state index is 8.65. The third-order valence-corrected chi connectivity index (χ3v) is 2.68. The molecular formula is C13H18N2O. The SMILES string of the molecule is OCCCCCNc1cc2ccccc2[nH]1. The molecule has 3 N–H and O–H groups in total. The van der Waals surface area contributed by atoms with E-state index >= 15 is 0 Å². The molecule has 0 bridgehead atoms. The molecule has 0 aliphatic carbocycles. The molecule has 1 aromatic heterocycles. The average Bonchev–Trinajstić information content (AvgIpc) is 2.71. The molecular weight excluding hydrogens is 200 g/mol. The normalized spacial score (nSPS) is 10.8. The molecule has 0 spiro atoms. The summed E-state index contributed by atoms with van der Waals surface area (Å²) in [5.41, 5.74) is 1.17. The van der Waals surface area contributed by atoms with E-state index in [2.05, 4.69) is 28.5 Å². The van der Waals surface area contributed by atoms with Crippen LogP contribution in [0.1, 0.15) is 19.3 Å². The van der Waals surface area contributed by atoms with Gasteiger partial charge in [0.15, 0.2) is 0 Å². The topological polar surface area (TPSA) is 48.0 Å². The first-order chi connectivity index (χ1) is 7.90. The number of hydrogen-bond donors (Lipinski definition) is 3. The lowest BCUT2D eigenvalue weighted by atomic mass is 10.2. The Balaban J connectivity index is 1.85. The Labute approximate surface area is 95.5 Å². The molecule has 3 nitrogen and oxygen atoms in total. The molecule has 0 radical (unpaired) electrons. The number of benzene rings is 1. The highest BCUT2D eigenvalue weighted by Gasteiger charge is 1.98. The van der Waals surface area contributed by atoms with Crippen molar-refractivity contribution < 1.29 is 5.11 Å². The van der Waals surface area contributed by atoms with Crippen molar-refractivity contribution in [2.75, 3.05) is 18.5 Å². The second-order valence-electron chi connectivity index (χ2n) is 3.98. The van der Waals surface area contributed by atoms with Gasteiger partial charge in [-0.15, -0.1) is 0 Å². The number of H-pyrrole nitrogens is 1. The molecule has 0 unspecified atom stereocenters. The minimum atomic E-state index is 0.298. The van der Waals surface area contributed by atoms with Gasteiger partial charge in [-0.25, -0.2) is 0 Å². The van der Waals surface area contributed by atoms with Crippen molar-refractivity contribution in [3.05, 3.63) is 30.3 Å². The lowest BCUT2D eigenvalue weighted by Gasteiger charge is -2.02. The molecule has 0 aliphatic heterocycles. The van der Waals surface area contributed by atoms with E-state index in [1.807, 2.05) is 12.1 Å². The van der Waals surface area contributed by atoms with Crippen LogP contribution in [0.2, 0.25) is 0 Å². The fourth-order valence-electron chi connectivity index (χ4n) is 1.81. The Morgan fingerprint density at radius 1 is 1.12 bits per heavy atom. The molecule has 0 fully saturated rings. The van der Waals surface area contributed by atoms with E-state index in [0.29, 0.717) is 6.61 Å². The number of aromatic nitrogens is 1. The highest BCUT2D eigenvalue weighted by Crippen LogP contribution is 2.17. The van der Waals surface area contributed by atoms with Gasteiger partial charge in [0.05, 0.1) is 0 Å². The van der Waals surface area contributed by atoms with E-state index in [0.717, 1.165) is 31.6 Å². The summed E-state index contributed by atoms with van der Waals surface area (Å²) in [6.07, 6.45) is 3.06. The van der Waals surface area contributed by atoms with Gasteiger partial charge >= 0.3 is 0 Å². The molecule has 16 heavy (non-hydrogen) atoms. The number of rotatable bonds is 6. The van der Waals surface area contributed by atoms with Gasteiger partial charge in [-0.2, -0.15) is 0 Å². The van der Waals surface area contributed by atoms with Crippen LogP contribution in [-0.2, 0) is 0 Å². The largest absolute Gasteiger partial charge is 0.396 e. The Morgan fingerprint density at radius 3 is 2.81 bits per heavy atom. The van der Waals surface area contributed by atoms with Gasteiger partial charge in [0, 0.05) is 24.1 Å². The summed E-state index contributed by atoms with van der Waals surface area (Å²) >= 11 is 0. The fourth-order valence-corrected chi connectivity index (χ4v) is 1.81. The average molecular weight is 218 g/mol. The van der Waals surface area contributed by atoms with E-state index in [9.17, 15) is 0 Å². The molecule has 0 atom stereocenters. The van der Waals surface area contributed by atoms with Crippen molar-refractivity contribution in [2.24, 2.45) is 0 Å². The second kappa shape index (κ2) is 5.56. The van der Waals surface area contributed by atoms with Crippen LogP contribution in [0.25, 0.3) is 10.9 Å². The standard InChI is InChI=1S/C13H18N2O/c16-9-5-1-4-8-14-13-10-11-6-2-3-7-12(11)15-13/h2-3,6-7,10,14-16H,1,4-5,8-9H2. The minimum Gasteiger partial charge on any atom is -0.396 e. The van der Waals surface area contributed by atoms with E-state index in [4.69, 9.17) is 5.11 Å². The van der Waals surface area contributed by atoms with E-state index in [1.165, 1.54) is 10.9 Å². The van der Waals surface area contributed by atoms with Crippen LogP contribution in [0.4, 0.5) is 5.82 Å². The summed E-state index contributed by atoms with van der Waals surface area (Å²) in [5, 5.41) is 13.2. The first-order valence-electron chi connectivity index (χ1n) is 5.82. The van der Waals surface area contributed by atoms with Crippen LogP contribution in [0.5, 0.6) is 0 Å². The predicted octanol–water partition coefficient (Wildman–Crippen LogP) is 2.74. The monoisotopic (exact) mass is 218 g/mol. The Bertz CT molecular complexity index is 403. The highest BCUT2D eigenvalue weighted by atomic mass is 16.2. The molecule has 0 saturated heterocycles. The van der Waals surface area contributed by atoms with Crippen LogP contribution in [-0.4, -0.2) is 23.2 Å². The molecule has 2 rings (SSSR count). The van der Waals surface area contributed by atoms with E-state index in [-0.39, 0.29) is 0 Å². The van der Waals surface area contributed by atoms with Crippen LogP contribution < -0.4 is 5.32 Å². The Hall–Kier alpha value is -1.48. The molecule has 0 aliphatic rings. The minimum absolute atomic E-state index is 0.298. The van der Waals surface area contributed by atoms with Gasteiger partial charge in [0.25, 0.3) is 0 Å². The fraction of sp³-hybridized carbons (Fsp3) is 0.385. The predicted molar refractivity (Wildman–Crippen MR) is 67.7 cm³/mol. The quantitative estimate of drug-likeness (QED) is 0.653. The second-order valence-corrected chi connectivity index (χ2v) is 3.98. The van der Waals surface area contributed by atoms with Gasteiger partial charge in [-0.05, 0) is 31.4 Å². The molecule has 86 valence electrons. The van der Waals surface area contributed by atoms with Crippen LogP contribution in [0.15, 0.2) is 30.3 Å². The zero-order valence-electron chi connectivity index (χ0n) is 9.37. The van der Waals surface area contributed by atoms with Gasteiger partial charge < -0.3 is 15.4 Å².